The summed E-state index contributed by atoms with van der Waals surface area (Å²) in [4.78, 5) is 8.60. The van der Waals surface area contributed by atoms with Crippen LogP contribution in [-0.2, 0) is 0 Å². The molecular formula is C12H14N2O2. The smallest absolute Gasteiger partial charge is 0.162 e. The lowest BCUT2D eigenvalue weighted by Crippen LogP contribution is -2.01. The summed E-state index contributed by atoms with van der Waals surface area (Å²) in [5.41, 5.74) is 2.44. The zero-order chi connectivity index (χ0) is 11.7. The summed E-state index contributed by atoms with van der Waals surface area (Å²) < 4.78 is 5.21. The molecule has 2 aromatic rings. The molecule has 2 heterocycles. The fourth-order valence-corrected chi connectivity index (χ4v) is 1.63. The van der Waals surface area contributed by atoms with E-state index in [1.54, 1.807) is 19.4 Å². The lowest BCUT2D eigenvalue weighted by molar-refractivity contribution is 0.197. The number of aryl methyl sites for hydroxylation is 2. The highest BCUT2D eigenvalue weighted by Crippen LogP contribution is 2.22. The molecule has 16 heavy (non-hydrogen) atoms. The van der Waals surface area contributed by atoms with Crippen LogP contribution in [0.1, 0.15) is 30.0 Å². The molecule has 1 atom stereocenters. The summed E-state index contributed by atoms with van der Waals surface area (Å²) in [6.45, 7) is 5.44. The molecular weight excluding hydrogens is 204 g/mol. The minimum atomic E-state index is -0.542. The van der Waals surface area contributed by atoms with E-state index in [4.69, 9.17) is 4.42 Å². The molecule has 0 amide bonds. The van der Waals surface area contributed by atoms with Crippen LogP contribution in [0.2, 0.25) is 0 Å². The van der Waals surface area contributed by atoms with Gasteiger partial charge in [0.2, 0.25) is 0 Å². The van der Waals surface area contributed by atoms with Gasteiger partial charge in [-0.2, -0.15) is 0 Å². The number of hydrogen-bond acceptors (Lipinski definition) is 4. The van der Waals surface area contributed by atoms with Crippen LogP contribution < -0.4 is 0 Å². The highest BCUT2D eigenvalue weighted by atomic mass is 16.3. The Morgan fingerprint density at radius 3 is 2.62 bits per heavy atom. The first-order chi connectivity index (χ1) is 7.59. The van der Waals surface area contributed by atoms with E-state index in [1.165, 1.54) is 0 Å². The van der Waals surface area contributed by atoms with Crippen molar-refractivity contribution in [1.82, 2.24) is 9.97 Å². The van der Waals surface area contributed by atoms with Gasteiger partial charge in [-0.15, -0.1) is 0 Å². The maximum atomic E-state index is 9.48. The van der Waals surface area contributed by atoms with E-state index >= 15 is 0 Å². The van der Waals surface area contributed by atoms with Crippen LogP contribution in [0.25, 0.3) is 11.4 Å². The molecule has 84 valence electrons. The van der Waals surface area contributed by atoms with Crippen molar-refractivity contribution < 1.29 is 9.52 Å². The van der Waals surface area contributed by atoms with E-state index in [1.807, 2.05) is 19.9 Å². The Kier molecular flexibility index (Phi) is 2.75. The molecule has 0 aliphatic heterocycles. The van der Waals surface area contributed by atoms with Crippen LogP contribution >= 0.6 is 0 Å². The SMILES string of the molecule is Cc1nc(-c2ccoc2C)ncc1C(C)O. The molecule has 0 bridgehead atoms. The van der Waals surface area contributed by atoms with Crippen molar-refractivity contribution in [2.75, 3.05) is 0 Å². The number of aliphatic hydroxyl groups is 1. The van der Waals surface area contributed by atoms with Crippen molar-refractivity contribution in [2.24, 2.45) is 0 Å². The minimum absolute atomic E-state index is 0.542. The summed E-state index contributed by atoms with van der Waals surface area (Å²) in [7, 11) is 0. The predicted molar refractivity (Wildman–Crippen MR) is 59.8 cm³/mol. The molecule has 4 heteroatoms. The maximum Gasteiger partial charge on any atom is 0.162 e. The van der Waals surface area contributed by atoms with Gasteiger partial charge < -0.3 is 9.52 Å². The molecule has 0 fully saturated rings. The van der Waals surface area contributed by atoms with Gasteiger partial charge in [0.15, 0.2) is 5.82 Å². The molecule has 0 aliphatic carbocycles. The van der Waals surface area contributed by atoms with Crippen LogP contribution in [0.15, 0.2) is 22.9 Å². The Morgan fingerprint density at radius 2 is 2.12 bits per heavy atom. The molecule has 2 rings (SSSR count). The van der Waals surface area contributed by atoms with Gasteiger partial charge in [0.1, 0.15) is 5.76 Å². The highest BCUT2D eigenvalue weighted by molar-refractivity contribution is 5.57. The summed E-state index contributed by atoms with van der Waals surface area (Å²) in [6.07, 6.45) is 2.74. The standard InChI is InChI=1S/C12H14N2O2/c1-7-11(8(2)15)6-13-12(14-7)10-4-5-16-9(10)3/h4-6,8,15H,1-3H3. The zero-order valence-corrected chi connectivity index (χ0v) is 9.56. The quantitative estimate of drug-likeness (QED) is 0.840. The van der Waals surface area contributed by atoms with Crippen LogP contribution in [0.3, 0.4) is 0 Å². The monoisotopic (exact) mass is 218 g/mol. The van der Waals surface area contributed by atoms with E-state index in [2.05, 4.69) is 9.97 Å². The van der Waals surface area contributed by atoms with Gasteiger partial charge >= 0.3 is 0 Å². The number of aliphatic hydroxyl groups excluding tert-OH is 1. The van der Waals surface area contributed by atoms with Gasteiger partial charge in [-0.05, 0) is 26.8 Å². The molecule has 0 saturated carbocycles. The number of rotatable bonds is 2. The van der Waals surface area contributed by atoms with Crippen molar-refractivity contribution in [2.45, 2.75) is 26.9 Å². The third kappa shape index (κ3) is 1.84. The van der Waals surface area contributed by atoms with Gasteiger partial charge in [0, 0.05) is 17.5 Å². The van der Waals surface area contributed by atoms with Gasteiger partial charge in [-0.1, -0.05) is 0 Å². The van der Waals surface area contributed by atoms with Crippen LogP contribution in [-0.4, -0.2) is 15.1 Å². The first kappa shape index (κ1) is 10.8. The summed E-state index contributed by atoms with van der Waals surface area (Å²) in [6, 6.07) is 1.84. The maximum absolute atomic E-state index is 9.48. The average Bonchev–Trinajstić information content (AvgIpc) is 2.63. The first-order valence-corrected chi connectivity index (χ1v) is 5.15. The second-order valence-corrected chi connectivity index (χ2v) is 3.80. The Bertz CT molecular complexity index is 503. The number of hydrogen-bond donors (Lipinski definition) is 1. The van der Waals surface area contributed by atoms with Crippen LogP contribution in [0, 0.1) is 13.8 Å². The largest absolute Gasteiger partial charge is 0.469 e. The van der Waals surface area contributed by atoms with Gasteiger partial charge in [0.25, 0.3) is 0 Å². The third-order valence-corrected chi connectivity index (χ3v) is 2.57. The van der Waals surface area contributed by atoms with E-state index in [-0.39, 0.29) is 0 Å². The fraction of sp³-hybridized carbons (Fsp3) is 0.333. The Balaban J connectivity index is 2.46. The zero-order valence-electron chi connectivity index (χ0n) is 9.56. The molecule has 4 nitrogen and oxygen atoms in total. The van der Waals surface area contributed by atoms with E-state index in [9.17, 15) is 5.11 Å². The van der Waals surface area contributed by atoms with E-state index in [0.717, 1.165) is 22.6 Å². The number of aromatic nitrogens is 2. The fourth-order valence-electron chi connectivity index (χ4n) is 1.63. The lowest BCUT2D eigenvalue weighted by atomic mass is 10.1. The topological polar surface area (TPSA) is 59.2 Å². The van der Waals surface area contributed by atoms with Crippen molar-refractivity contribution in [3.05, 3.63) is 35.5 Å². The third-order valence-electron chi connectivity index (χ3n) is 2.57. The summed E-state index contributed by atoms with van der Waals surface area (Å²) >= 11 is 0. The first-order valence-electron chi connectivity index (χ1n) is 5.15. The second-order valence-electron chi connectivity index (χ2n) is 3.80. The van der Waals surface area contributed by atoms with E-state index < -0.39 is 6.10 Å². The molecule has 0 aliphatic rings. The number of furan rings is 1. The Labute approximate surface area is 94.0 Å². The summed E-state index contributed by atoms with van der Waals surface area (Å²) in [5, 5.41) is 9.48. The highest BCUT2D eigenvalue weighted by Gasteiger charge is 2.11. The Hall–Kier alpha value is -1.68. The van der Waals surface area contributed by atoms with Crippen molar-refractivity contribution in [3.63, 3.8) is 0 Å². The van der Waals surface area contributed by atoms with Crippen LogP contribution in [0.5, 0.6) is 0 Å². The van der Waals surface area contributed by atoms with Gasteiger partial charge in [0.05, 0.1) is 17.9 Å². The van der Waals surface area contributed by atoms with Gasteiger partial charge in [-0.3, -0.25) is 0 Å². The lowest BCUT2D eigenvalue weighted by Gasteiger charge is -2.08. The molecule has 0 radical (unpaired) electrons. The second kappa shape index (κ2) is 4.06. The molecule has 0 saturated heterocycles. The van der Waals surface area contributed by atoms with E-state index in [0.29, 0.717) is 5.82 Å². The van der Waals surface area contributed by atoms with Gasteiger partial charge in [-0.25, -0.2) is 9.97 Å². The van der Waals surface area contributed by atoms with Crippen LogP contribution in [0.4, 0.5) is 0 Å². The number of nitrogens with zero attached hydrogens (tertiary/aromatic N) is 2. The average molecular weight is 218 g/mol. The summed E-state index contributed by atoms with van der Waals surface area (Å²) in [5.74, 6) is 1.43. The molecule has 0 aromatic carbocycles. The molecule has 1 unspecified atom stereocenters. The normalized spacial score (nSPS) is 12.8. The molecule has 2 aromatic heterocycles. The van der Waals surface area contributed by atoms with Crippen molar-refractivity contribution in [3.8, 4) is 11.4 Å². The predicted octanol–water partition coefficient (Wildman–Crippen LogP) is 2.41. The Morgan fingerprint density at radius 1 is 1.38 bits per heavy atom. The van der Waals surface area contributed by atoms with Crippen molar-refractivity contribution in [1.29, 1.82) is 0 Å². The molecule has 0 spiro atoms. The van der Waals surface area contributed by atoms with Crippen molar-refractivity contribution >= 4 is 0 Å². The minimum Gasteiger partial charge on any atom is -0.469 e. The molecule has 1 N–H and O–H groups in total.